The van der Waals surface area contributed by atoms with Crippen LogP contribution in [0.2, 0.25) is 0 Å². The Bertz CT molecular complexity index is 125. The highest BCUT2D eigenvalue weighted by atomic mass is 35.5. The van der Waals surface area contributed by atoms with E-state index in [2.05, 4.69) is 0 Å². The molecule has 52 valence electrons. The quantitative estimate of drug-likeness (QED) is 0.584. The lowest BCUT2D eigenvalue weighted by Crippen LogP contribution is -2.10. The van der Waals surface area contributed by atoms with Gasteiger partial charge >= 0.3 is 0 Å². The Kier molecular flexibility index (Phi) is 1.09. The smallest absolute Gasteiger partial charge is 0.0722 e. The third-order valence-electron chi connectivity index (χ3n) is 2.94. The molecule has 0 saturated heterocycles. The van der Waals surface area contributed by atoms with Gasteiger partial charge in [-0.2, -0.15) is 0 Å². The van der Waals surface area contributed by atoms with Crippen LogP contribution in [-0.4, -0.2) is 16.6 Å². The van der Waals surface area contributed by atoms with E-state index < -0.39 is 0 Å². The molecule has 0 aromatic rings. The maximum atomic E-state index is 9.64. The van der Waals surface area contributed by atoms with E-state index in [1.54, 1.807) is 0 Å². The maximum absolute atomic E-state index is 9.64. The Balaban J connectivity index is 1.95. The number of halogens is 1. The summed E-state index contributed by atoms with van der Waals surface area (Å²) in [5, 5.41) is 9.64. The van der Waals surface area contributed by atoms with Gasteiger partial charge in [0, 0.05) is 5.88 Å². The molecule has 1 nitrogen and oxygen atoms in total. The zero-order valence-electron chi connectivity index (χ0n) is 5.31. The van der Waals surface area contributed by atoms with Gasteiger partial charge in [-0.05, 0) is 31.1 Å². The summed E-state index contributed by atoms with van der Waals surface area (Å²) in [6.07, 6.45) is 3.28. The first-order chi connectivity index (χ1) is 4.29. The molecule has 0 heterocycles. The molecule has 9 heavy (non-hydrogen) atoms. The topological polar surface area (TPSA) is 20.2 Å². The molecule has 2 aliphatic carbocycles. The number of alkyl halides is 1. The van der Waals surface area contributed by atoms with E-state index in [9.17, 15) is 5.11 Å². The molecule has 2 atom stereocenters. The van der Waals surface area contributed by atoms with Crippen LogP contribution in [0, 0.1) is 11.8 Å². The Hall–Kier alpha value is 0.250. The third-order valence-corrected chi connectivity index (χ3v) is 3.13. The summed E-state index contributed by atoms with van der Waals surface area (Å²) in [5.41, 5.74) is -0.304. The predicted octanol–water partition coefficient (Wildman–Crippen LogP) is 1.39. The van der Waals surface area contributed by atoms with Crippen molar-refractivity contribution in [3.8, 4) is 0 Å². The zero-order chi connectivity index (χ0) is 6.48. The van der Waals surface area contributed by atoms with E-state index in [0.29, 0.717) is 17.7 Å². The average molecular weight is 147 g/mol. The van der Waals surface area contributed by atoms with Gasteiger partial charge in [0.15, 0.2) is 0 Å². The Morgan fingerprint density at radius 3 is 2.33 bits per heavy atom. The Labute approximate surface area is 60.0 Å². The van der Waals surface area contributed by atoms with Gasteiger partial charge in [0.1, 0.15) is 0 Å². The van der Waals surface area contributed by atoms with Crippen molar-refractivity contribution in [1.82, 2.24) is 0 Å². The SMILES string of the molecule is OC1(CCCl)C2CCC21. The summed E-state index contributed by atoms with van der Waals surface area (Å²) in [6.45, 7) is 0. The number of aliphatic hydroxyl groups is 1. The van der Waals surface area contributed by atoms with Crippen molar-refractivity contribution in [1.29, 1.82) is 0 Å². The van der Waals surface area contributed by atoms with Crippen molar-refractivity contribution in [2.24, 2.45) is 11.8 Å². The van der Waals surface area contributed by atoms with Crippen LogP contribution in [0.5, 0.6) is 0 Å². The van der Waals surface area contributed by atoms with Crippen molar-refractivity contribution >= 4 is 11.6 Å². The second kappa shape index (κ2) is 1.64. The molecule has 0 aliphatic heterocycles. The summed E-state index contributed by atoms with van der Waals surface area (Å²) in [5.74, 6) is 1.89. The molecule has 0 bridgehead atoms. The van der Waals surface area contributed by atoms with Gasteiger partial charge in [0.05, 0.1) is 5.60 Å². The predicted molar refractivity (Wildman–Crippen MR) is 36.5 cm³/mol. The lowest BCUT2D eigenvalue weighted by atomic mass is 10.0. The van der Waals surface area contributed by atoms with Gasteiger partial charge in [-0.3, -0.25) is 0 Å². The molecule has 2 aliphatic rings. The fraction of sp³-hybridized carbons (Fsp3) is 1.00. The van der Waals surface area contributed by atoms with E-state index in [1.807, 2.05) is 0 Å². The van der Waals surface area contributed by atoms with E-state index in [4.69, 9.17) is 11.6 Å². The summed E-state index contributed by atoms with van der Waals surface area (Å²) >= 11 is 5.52. The maximum Gasteiger partial charge on any atom is 0.0722 e. The highest BCUT2D eigenvalue weighted by Crippen LogP contribution is 2.65. The molecular weight excluding hydrogens is 136 g/mol. The van der Waals surface area contributed by atoms with Gasteiger partial charge in [0.25, 0.3) is 0 Å². The largest absolute Gasteiger partial charge is 0.389 e. The molecule has 0 amide bonds. The van der Waals surface area contributed by atoms with Crippen LogP contribution in [0.3, 0.4) is 0 Å². The molecule has 2 fully saturated rings. The normalized spacial score (nSPS) is 54.0. The van der Waals surface area contributed by atoms with Gasteiger partial charge in [-0.15, -0.1) is 11.6 Å². The number of hydrogen-bond acceptors (Lipinski definition) is 1. The van der Waals surface area contributed by atoms with E-state index >= 15 is 0 Å². The summed E-state index contributed by atoms with van der Waals surface area (Å²) in [4.78, 5) is 0. The highest BCUT2D eigenvalue weighted by Gasteiger charge is 2.67. The first kappa shape index (κ1) is 5.99. The van der Waals surface area contributed by atoms with Gasteiger partial charge < -0.3 is 5.11 Å². The fourth-order valence-electron chi connectivity index (χ4n) is 2.11. The lowest BCUT2D eigenvalue weighted by molar-refractivity contribution is 0.127. The molecule has 2 saturated carbocycles. The Morgan fingerprint density at radius 1 is 1.44 bits per heavy atom. The van der Waals surface area contributed by atoms with Crippen molar-refractivity contribution in [2.45, 2.75) is 24.9 Å². The number of fused-ring (bicyclic) bond motifs is 1. The number of hydrogen-bond donors (Lipinski definition) is 1. The van der Waals surface area contributed by atoms with Crippen LogP contribution in [-0.2, 0) is 0 Å². The minimum Gasteiger partial charge on any atom is -0.389 e. The molecule has 0 aromatic heterocycles. The van der Waals surface area contributed by atoms with Crippen molar-refractivity contribution in [3.63, 3.8) is 0 Å². The minimum absolute atomic E-state index is 0.304. The van der Waals surface area contributed by atoms with Crippen LogP contribution in [0.1, 0.15) is 19.3 Å². The fourth-order valence-corrected chi connectivity index (χ4v) is 2.41. The highest BCUT2D eigenvalue weighted by molar-refractivity contribution is 6.17. The van der Waals surface area contributed by atoms with Gasteiger partial charge in [0.2, 0.25) is 0 Å². The third kappa shape index (κ3) is 0.596. The lowest BCUT2D eigenvalue weighted by Gasteiger charge is -2.03. The standard InChI is InChI=1S/C7H11ClO/c8-4-3-7(9)5-1-2-6(5)7/h5-6,9H,1-4H2. The van der Waals surface area contributed by atoms with Crippen LogP contribution < -0.4 is 0 Å². The number of rotatable bonds is 2. The summed E-state index contributed by atoms with van der Waals surface area (Å²) in [7, 11) is 0. The minimum atomic E-state index is -0.304. The van der Waals surface area contributed by atoms with Crippen LogP contribution in [0.25, 0.3) is 0 Å². The molecule has 1 N–H and O–H groups in total. The molecule has 0 spiro atoms. The molecule has 2 rings (SSSR count). The van der Waals surface area contributed by atoms with Crippen molar-refractivity contribution < 1.29 is 5.11 Å². The Morgan fingerprint density at radius 2 is 2.00 bits per heavy atom. The van der Waals surface area contributed by atoms with Crippen LogP contribution in [0.15, 0.2) is 0 Å². The first-order valence-electron chi connectivity index (χ1n) is 3.57. The van der Waals surface area contributed by atoms with E-state index in [0.717, 1.165) is 6.42 Å². The monoisotopic (exact) mass is 146 g/mol. The second-order valence-corrected chi connectivity index (χ2v) is 3.60. The molecule has 0 aromatic carbocycles. The molecular formula is C7H11ClO. The van der Waals surface area contributed by atoms with Crippen molar-refractivity contribution in [3.05, 3.63) is 0 Å². The van der Waals surface area contributed by atoms with Crippen molar-refractivity contribution in [2.75, 3.05) is 5.88 Å². The summed E-state index contributed by atoms with van der Waals surface area (Å²) in [6, 6.07) is 0. The molecule has 2 heteroatoms. The molecule has 0 radical (unpaired) electrons. The van der Waals surface area contributed by atoms with Crippen LogP contribution >= 0.6 is 11.6 Å². The second-order valence-electron chi connectivity index (χ2n) is 3.22. The van der Waals surface area contributed by atoms with E-state index in [-0.39, 0.29) is 5.60 Å². The van der Waals surface area contributed by atoms with Crippen LogP contribution in [0.4, 0.5) is 0 Å². The first-order valence-corrected chi connectivity index (χ1v) is 4.11. The molecule has 2 unspecified atom stereocenters. The van der Waals surface area contributed by atoms with Gasteiger partial charge in [-0.25, -0.2) is 0 Å². The van der Waals surface area contributed by atoms with E-state index in [1.165, 1.54) is 12.8 Å². The summed E-state index contributed by atoms with van der Waals surface area (Å²) < 4.78 is 0. The average Bonchev–Trinajstić information content (AvgIpc) is 1.97. The zero-order valence-corrected chi connectivity index (χ0v) is 6.06. The van der Waals surface area contributed by atoms with Gasteiger partial charge in [-0.1, -0.05) is 0 Å².